The van der Waals surface area contributed by atoms with Crippen LogP contribution in [0.1, 0.15) is 30.1 Å². The van der Waals surface area contributed by atoms with E-state index in [1.54, 1.807) is 0 Å². The molecule has 1 fully saturated rings. The first-order chi connectivity index (χ1) is 14.7. The largest absolute Gasteiger partial charge is 0.373 e. The van der Waals surface area contributed by atoms with Gasteiger partial charge >= 0.3 is 6.03 Å². The predicted molar refractivity (Wildman–Crippen MR) is 116 cm³/mol. The summed E-state index contributed by atoms with van der Waals surface area (Å²) in [6.45, 7) is 0.582. The van der Waals surface area contributed by atoms with E-state index in [2.05, 4.69) is 16.2 Å². The number of benzene rings is 3. The van der Waals surface area contributed by atoms with Gasteiger partial charge in [0.05, 0.1) is 12.5 Å². The zero-order valence-electron chi connectivity index (χ0n) is 16.6. The molecule has 0 aliphatic carbocycles. The van der Waals surface area contributed by atoms with Crippen molar-refractivity contribution in [1.82, 2.24) is 16.2 Å². The molecule has 0 spiro atoms. The van der Waals surface area contributed by atoms with Gasteiger partial charge in [0.15, 0.2) is 0 Å². The van der Waals surface area contributed by atoms with E-state index in [0.717, 1.165) is 28.3 Å². The van der Waals surface area contributed by atoms with Crippen molar-refractivity contribution in [1.29, 1.82) is 0 Å². The smallest absolute Gasteiger partial charge is 0.333 e. The van der Waals surface area contributed by atoms with E-state index in [4.69, 9.17) is 4.74 Å². The Morgan fingerprint density at radius 2 is 1.67 bits per heavy atom. The van der Waals surface area contributed by atoms with Gasteiger partial charge in [-0.3, -0.25) is 10.2 Å². The number of hydrogen-bond acceptors (Lipinski definition) is 3. The molecule has 0 bridgehead atoms. The number of carbonyl (C=O) groups excluding carboxylic acids is 2. The fourth-order valence-electron chi connectivity index (χ4n) is 3.75. The van der Waals surface area contributed by atoms with Crippen LogP contribution in [0.25, 0.3) is 10.8 Å². The average molecular weight is 403 g/mol. The van der Waals surface area contributed by atoms with Crippen LogP contribution < -0.4 is 16.2 Å². The van der Waals surface area contributed by atoms with Crippen LogP contribution in [0.4, 0.5) is 4.79 Å². The minimum atomic E-state index is -0.416. The second-order valence-corrected chi connectivity index (χ2v) is 7.50. The van der Waals surface area contributed by atoms with Crippen molar-refractivity contribution in [3.8, 4) is 0 Å². The molecule has 1 heterocycles. The van der Waals surface area contributed by atoms with Crippen LogP contribution in [0.3, 0.4) is 0 Å². The lowest BCUT2D eigenvalue weighted by Crippen LogP contribution is -2.51. The third-order valence-corrected chi connectivity index (χ3v) is 5.28. The van der Waals surface area contributed by atoms with Gasteiger partial charge in [-0.25, -0.2) is 10.2 Å². The van der Waals surface area contributed by atoms with Gasteiger partial charge in [0.25, 0.3) is 0 Å². The summed E-state index contributed by atoms with van der Waals surface area (Å²) in [5, 5.41) is 5.13. The van der Waals surface area contributed by atoms with Crippen molar-refractivity contribution in [2.45, 2.75) is 31.4 Å². The highest BCUT2D eigenvalue weighted by Gasteiger charge is 2.25. The minimum absolute atomic E-state index is 0.0126. The molecule has 1 saturated heterocycles. The topological polar surface area (TPSA) is 79.5 Å². The molecule has 4 rings (SSSR count). The number of nitrogens with one attached hydrogen (secondary N) is 3. The highest BCUT2D eigenvalue weighted by molar-refractivity contribution is 5.86. The van der Waals surface area contributed by atoms with Gasteiger partial charge in [0, 0.05) is 12.6 Å². The minimum Gasteiger partial charge on any atom is -0.373 e. The molecule has 30 heavy (non-hydrogen) atoms. The lowest BCUT2D eigenvalue weighted by molar-refractivity contribution is -0.121. The second kappa shape index (κ2) is 9.41. The monoisotopic (exact) mass is 403 g/mol. The number of ether oxygens (including phenoxy) is 1. The van der Waals surface area contributed by atoms with Gasteiger partial charge < -0.3 is 10.1 Å². The zero-order chi connectivity index (χ0) is 20.8. The molecule has 6 nitrogen and oxygen atoms in total. The summed E-state index contributed by atoms with van der Waals surface area (Å²) >= 11 is 0. The average Bonchev–Trinajstić information content (AvgIpc) is 2.78. The number of hydrazine groups is 1. The SMILES string of the molecule is O=C(Cc1ccc2ccccc2c1)NNC(=O)NC1CCOC(c2ccccc2)C1. The summed E-state index contributed by atoms with van der Waals surface area (Å²) in [5.41, 5.74) is 6.93. The van der Waals surface area contributed by atoms with Crippen LogP contribution in [0.15, 0.2) is 72.8 Å². The van der Waals surface area contributed by atoms with E-state index in [1.165, 1.54) is 0 Å². The van der Waals surface area contributed by atoms with Crippen LogP contribution in [0.2, 0.25) is 0 Å². The summed E-state index contributed by atoms with van der Waals surface area (Å²) < 4.78 is 5.83. The van der Waals surface area contributed by atoms with Crippen molar-refractivity contribution < 1.29 is 14.3 Å². The number of rotatable bonds is 4. The Morgan fingerprint density at radius 3 is 2.50 bits per heavy atom. The van der Waals surface area contributed by atoms with Gasteiger partial charge in [0.2, 0.25) is 5.91 Å². The Bertz CT molecular complexity index is 1020. The summed E-state index contributed by atoms with van der Waals surface area (Å²) in [4.78, 5) is 24.4. The Balaban J connectivity index is 1.24. The van der Waals surface area contributed by atoms with Gasteiger partial charge in [0.1, 0.15) is 0 Å². The third-order valence-electron chi connectivity index (χ3n) is 5.28. The number of carbonyl (C=O) groups is 2. The highest BCUT2D eigenvalue weighted by atomic mass is 16.5. The Hall–Kier alpha value is -3.38. The van der Waals surface area contributed by atoms with E-state index in [1.807, 2.05) is 72.8 Å². The van der Waals surface area contributed by atoms with Gasteiger partial charge in [-0.1, -0.05) is 72.8 Å². The Morgan fingerprint density at radius 1 is 0.900 bits per heavy atom. The van der Waals surface area contributed by atoms with Crippen LogP contribution in [0, 0.1) is 0 Å². The molecule has 3 aromatic rings. The second-order valence-electron chi connectivity index (χ2n) is 7.50. The fourth-order valence-corrected chi connectivity index (χ4v) is 3.75. The van der Waals surface area contributed by atoms with Crippen LogP contribution in [-0.4, -0.2) is 24.6 Å². The summed E-state index contributed by atoms with van der Waals surface area (Å²) in [6, 6.07) is 23.5. The number of urea groups is 1. The van der Waals surface area contributed by atoms with Crippen molar-refractivity contribution in [2.24, 2.45) is 0 Å². The number of hydrogen-bond donors (Lipinski definition) is 3. The Kier molecular flexibility index (Phi) is 6.25. The lowest BCUT2D eigenvalue weighted by atomic mass is 9.98. The molecular formula is C24H25N3O3. The first kappa shape index (κ1) is 19.9. The quantitative estimate of drug-likeness (QED) is 0.582. The molecule has 0 aromatic heterocycles. The summed E-state index contributed by atoms with van der Waals surface area (Å²) in [6.07, 6.45) is 1.59. The van der Waals surface area contributed by atoms with E-state index < -0.39 is 6.03 Å². The van der Waals surface area contributed by atoms with E-state index in [-0.39, 0.29) is 24.5 Å². The molecule has 2 unspecified atom stereocenters. The summed E-state index contributed by atoms with van der Waals surface area (Å²) in [7, 11) is 0. The van der Waals surface area contributed by atoms with E-state index in [0.29, 0.717) is 13.0 Å². The van der Waals surface area contributed by atoms with Crippen molar-refractivity contribution >= 4 is 22.7 Å². The molecule has 154 valence electrons. The third kappa shape index (κ3) is 5.15. The van der Waals surface area contributed by atoms with Crippen molar-refractivity contribution in [3.05, 3.63) is 83.9 Å². The van der Waals surface area contributed by atoms with Crippen LogP contribution >= 0.6 is 0 Å². The van der Waals surface area contributed by atoms with Gasteiger partial charge in [-0.05, 0) is 34.7 Å². The molecule has 1 aliphatic heterocycles. The molecule has 0 radical (unpaired) electrons. The molecule has 0 saturated carbocycles. The number of amides is 3. The molecule has 3 N–H and O–H groups in total. The predicted octanol–water partition coefficient (Wildman–Crippen LogP) is 3.63. The highest BCUT2D eigenvalue weighted by Crippen LogP contribution is 2.27. The standard InChI is InChI=1S/C24H25N3O3/c28-23(15-17-10-11-18-6-4-5-9-20(18)14-17)26-27-24(29)25-21-12-13-30-22(16-21)19-7-2-1-3-8-19/h1-11,14,21-22H,12-13,15-16H2,(H,26,28)(H2,25,27,29). The van der Waals surface area contributed by atoms with Crippen LogP contribution in [0.5, 0.6) is 0 Å². The maximum atomic E-state index is 12.2. The summed E-state index contributed by atoms with van der Waals surface area (Å²) in [5.74, 6) is -0.269. The van der Waals surface area contributed by atoms with Crippen LogP contribution in [-0.2, 0) is 16.0 Å². The van der Waals surface area contributed by atoms with Crippen molar-refractivity contribution in [2.75, 3.05) is 6.61 Å². The van der Waals surface area contributed by atoms with E-state index in [9.17, 15) is 9.59 Å². The van der Waals surface area contributed by atoms with E-state index >= 15 is 0 Å². The fraction of sp³-hybridized carbons (Fsp3) is 0.250. The lowest BCUT2D eigenvalue weighted by Gasteiger charge is -2.30. The van der Waals surface area contributed by atoms with Crippen molar-refractivity contribution in [3.63, 3.8) is 0 Å². The van der Waals surface area contributed by atoms with Gasteiger partial charge in [-0.15, -0.1) is 0 Å². The maximum Gasteiger partial charge on any atom is 0.333 e. The van der Waals surface area contributed by atoms with Gasteiger partial charge in [-0.2, -0.15) is 0 Å². The molecular weight excluding hydrogens is 378 g/mol. The zero-order valence-corrected chi connectivity index (χ0v) is 16.6. The molecule has 1 aliphatic rings. The normalized spacial score (nSPS) is 18.5. The molecule has 3 amide bonds. The maximum absolute atomic E-state index is 12.2. The first-order valence-corrected chi connectivity index (χ1v) is 10.2. The molecule has 6 heteroatoms. The Labute approximate surface area is 175 Å². The first-order valence-electron chi connectivity index (χ1n) is 10.2. The molecule has 2 atom stereocenters. The molecule has 3 aromatic carbocycles. The number of fused-ring (bicyclic) bond motifs is 1.